The largest absolute Gasteiger partial charge is 0.481 e. The lowest BCUT2D eigenvalue weighted by atomic mass is 9.95. The molecule has 1 saturated heterocycles. The molecule has 2 unspecified atom stereocenters. The molecule has 0 amide bonds. The second-order valence-electron chi connectivity index (χ2n) is 9.35. The van der Waals surface area contributed by atoms with Crippen LogP contribution < -0.4 is 4.74 Å². The summed E-state index contributed by atoms with van der Waals surface area (Å²) in [6, 6.07) is 6.17. The third-order valence-electron chi connectivity index (χ3n) is 7.31. The summed E-state index contributed by atoms with van der Waals surface area (Å²) in [6.45, 7) is 13.7. The van der Waals surface area contributed by atoms with E-state index in [1.54, 1.807) is 7.11 Å². The maximum Gasteiger partial charge on any atom is 0.320 e. The fraction of sp³-hybridized carbons (Fsp3) is 0.607. The van der Waals surface area contributed by atoms with Gasteiger partial charge in [0.2, 0.25) is 5.88 Å². The van der Waals surface area contributed by atoms with Gasteiger partial charge in [-0.3, -0.25) is 14.6 Å². The number of hydrogen-bond donors (Lipinski definition) is 1. The standard InChI is InChI=1S/C28H42N4O3/c1-7-12-23(32-17-15-31(16-18-32)22(10-4)28(33)34)24-19(5)29-26(30-27(24)35-6)25-20(8-2)13-11-14-21(25)9-3/h11,13-14,22-23H,7-10,12,15-18H2,1-6H3,(H,33,34). The Hall–Kier alpha value is -2.51. The van der Waals surface area contributed by atoms with Crippen LogP contribution in [0.4, 0.5) is 0 Å². The topological polar surface area (TPSA) is 78.8 Å². The van der Waals surface area contributed by atoms with Crippen molar-refractivity contribution in [2.24, 2.45) is 0 Å². The molecule has 1 N–H and O–H groups in total. The lowest BCUT2D eigenvalue weighted by Crippen LogP contribution is -2.53. The van der Waals surface area contributed by atoms with E-state index < -0.39 is 12.0 Å². The van der Waals surface area contributed by atoms with Crippen molar-refractivity contribution >= 4 is 5.97 Å². The maximum atomic E-state index is 11.6. The summed E-state index contributed by atoms with van der Waals surface area (Å²) < 4.78 is 5.90. The molecule has 7 nitrogen and oxygen atoms in total. The first-order valence-corrected chi connectivity index (χ1v) is 13.1. The van der Waals surface area contributed by atoms with Gasteiger partial charge in [0, 0.05) is 37.8 Å². The van der Waals surface area contributed by atoms with Crippen molar-refractivity contribution < 1.29 is 14.6 Å². The Morgan fingerprint density at radius 1 is 1.03 bits per heavy atom. The number of aromatic nitrogens is 2. The van der Waals surface area contributed by atoms with E-state index in [9.17, 15) is 9.90 Å². The van der Waals surface area contributed by atoms with Crippen molar-refractivity contribution in [2.75, 3.05) is 33.3 Å². The molecule has 0 bridgehead atoms. The molecule has 35 heavy (non-hydrogen) atoms. The number of aryl methyl sites for hydroxylation is 3. The number of hydrogen-bond acceptors (Lipinski definition) is 6. The quantitative estimate of drug-likeness (QED) is 0.488. The van der Waals surface area contributed by atoms with E-state index in [0.29, 0.717) is 12.3 Å². The lowest BCUT2D eigenvalue weighted by molar-refractivity contribution is -0.144. The van der Waals surface area contributed by atoms with Gasteiger partial charge in [-0.05, 0) is 43.7 Å². The number of ether oxygens (including phenoxy) is 1. The van der Waals surface area contributed by atoms with Crippen LogP contribution in [0.25, 0.3) is 11.4 Å². The van der Waals surface area contributed by atoms with Crippen LogP contribution in [-0.2, 0) is 17.6 Å². The third-order valence-corrected chi connectivity index (χ3v) is 7.31. The Labute approximate surface area is 210 Å². The summed E-state index contributed by atoms with van der Waals surface area (Å²) in [7, 11) is 1.70. The summed E-state index contributed by atoms with van der Waals surface area (Å²) >= 11 is 0. The van der Waals surface area contributed by atoms with Crippen molar-refractivity contribution in [3.63, 3.8) is 0 Å². The van der Waals surface area contributed by atoms with Crippen LogP contribution in [0.3, 0.4) is 0 Å². The zero-order chi connectivity index (χ0) is 25.5. The second kappa shape index (κ2) is 12.5. The van der Waals surface area contributed by atoms with E-state index in [0.717, 1.165) is 74.5 Å². The van der Waals surface area contributed by atoms with Gasteiger partial charge >= 0.3 is 5.97 Å². The highest BCUT2D eigenvalue weighted by atomic mass is 16.5. The van der Waals surface area contributed by atoms with Crippen LogP contribution in [0.1, 0.15) is 75.4 Å². The van der Waals surface area contributed by atoms with Crippen LogP contribution in [0.5, 0.6) is 5.88 Å². The molecule has 2 heterocycles. The van der Waals surface area contributed by atoms with Gasteiger partial charge in [0.25, 0.3) is 0 Å². The Kier molecular flexibility index (Phi) is 9.63. The third kappa shape index (κ3) is 5.84. The Bertz CT molecular complexity index is 980. The first kappa shape index (κ1) is 27.1. The molecule has 2 atom stereocenters. The average Bonchev–Trinajstić information content (AvgIpc) is 2.87. The normalized spacial score (nSPS) is 16.7. The van der Waals surface area contributed by atoms with Gasteiger partial charge in [-0.15, -0.1) is 0 Å². The molecule has 1 aliphatic heterocycles. The van der Waals surface area contributed by atoms with Crippen LogP contribution >= 0.6 is 0 Å². The van der Waals surface area contributed by atoms with Crippen LogP contribution in [0.15, 0.2) is 18.2 Å². The van der Waals surface area contributed by atoms with E-state index >= 15 is 0 Å². The van der Waals surface area contributed by atoms with Crippen LogP contribution in [0, 0.1) is 6.92 Å². The molecular weight excluding hydrogens is 440 g/mol. The van der Waals surface area contributed by atoms with E-state index in [-0.39, 0.29) is 6.04 Å². The summed E-state index contributed by atoms with van der Waals surface area (Å²) in [5.41, 5.74) is 5.65. The van der Waals surface area contributed by atoms with E-state index in [4.69, 9.17) is 14.7 Å². The fourth-order valence-electron chi connectivity index (χ4n) is 5.47. The highest BCUT2D eigenvalue weighted by molar-refractivity contribution is 5.73. The molecule has 1 aliphatic rings. The van der Waals surface area contributed by atoms with Crippen molar-refractivity contribution in [3.05, 3.63) is 40.6 Å². The number of carboxylic acids is 1. The first-order chi connectivity index (χ1) is 16.9. The predicted octanol–water partition coefficient (Wildman–Crippen LogP) is 4.91. The summed E-state index contributed by atoms with van der Waals surface area (Å²) in [4.78, 5) is 26.2. The minimum absolute atomic E-state index is 0.142. The molecule has 0 aliphatic carbocycles. The van der Waals surface area contributed by atoms with E-state index in [2.05, 4.69) is 55.7 Å². The second-order valence-corrected chi connectivity index (χ2v) is 9.35. The maximum absolute atomic E-state index is 11.6. The van der Waals surface area contributed by atoms with Gasteiger partial charge in [0.05, 0.1) is 18.4 Å². The molecule has 0 saturated carbocycles. The number of rotatable bonds is 11. The Morgan fingerprint density at radius 2 is 1.63 bits per heavy atom. The van der Waals surface area contributed by atoms with E-state index in [1.807, 2.05) is 6.92 Å². The molecule has 0 spiro atoms. The molecule has 1 aromatic carbocycles. The zero-order valence-electron chi connectivity index (χ0n) is 22.3. The van der Waals surface area contributed by atoms with Crippen LogP contribution in [0.2, 0.25) is 0 Å². The zero-order valence-corrected chi connectivity index (χ0v) is 22.3. The molecule has 1 aromatic heterocycles. The van der Waals surface area contributed by atoms with Gasteiger partial charge in [0.1, 0.15) is 6.04 Å². The van der Waals surface area contributed by atoms with Gasteiger partial charge in [-0.1, -0.05) is 52.3 Å². The number of benzene rings is 1. The average molecular weight is 483 g/mol. The SMILES string of the molecule is CCCC(c1c(C)nc(-c2c(CC)cccc2CC)nc1OC)N1CCN(C(CC)C(=O)O)CC1. The minimum Gasteiger partial charge on any atom is -0.481 e. The van der Waals surface area contributed by atoms with Gasteiger partial charge < -0.3 is 9.84 Å². The number of nitrogens with zero attached hydrogens (tertiary/aromatic N) is 4. The van der Waals surface area contributed by atoms with Crippen molar-refractivity contribution in [2.45, 2.75) is 78.8 Å². The smallest absolute Gasteiger partial charge is 0.320 e. The molecule has 7 heteroatoms. The fourth-order valence-corrected chi connectivity index (χ4v) is 5.47. The van der Waals surface area contributed by atoms with Crippen molar-refractivity contribution in [1.82, 2.24) is 19.8 Å². The number of carboxylic acid groups (broad SMARTS) is 1. The Balaban J connectivity index is 1.97. The van der Waals surface area contributed by atoms with Gasteiger partial charge in [0.15, 0.2) is 5.82 Å². The minimum atomic E-state index is -0.730. The predicted molar refractivity (Wildman–Crippen MR) is 140 cm³/mol. The highest BCUT2D eigenvalue weighted by Crippen LogP contribution is 2.37. The van der Waals surface area contributed by atoms with Gasteiger partial charge in [-0.2, -0.15) is 4.98 Å². The first-order valence-electron chi connectivity index (χ1n) is 13.1. The number of aliphatic carboxylic acids is 1. The number of carbonyl (C=O) groups is 1. The summed E-state index contributed by atoms with van der Waals surface area (Å²) in [6.07, 6.45) is 4.47. The van der Waals surface area contributed by atoms with Crippen molar-refractivity contribution in [3.8, 4) is 17.3 Å². The summed E-state index contributed by atoms with van der Waals surface area (Å²) in [5.74, 6) is 0.661. The number of piperazine rings is 1. The van der Waals surface area contributed by atoms with Gasteiger partial charge in [-0.25, -0.2) is 4.98 Å². The van der Waals surface area contributed by atoms with Crippen LogP contribution in [-0.4, -0.2) is 70.2 Å². The lowest BCUT2D eigenvalue weighted by Gasteiger charge is -2.41. The highest BCUT2D eigenvalue weighted by Gasteiger charge is 2.33. The van der Waals surface area contributed by atoms with E-state index in [1.165, 1.54) is 11.1 Å². The molecule has 3 rings (SSSR count). The Morgan fingerprint density at radius 3 is 2.11 bits per heavy atom. The number of methoxy groups -OCH3 is 1. The molecule has 1 fully saturated rings. The molecule has 192 valence electrons. The molecule has 2 aromatic rings. The summed E-state index contributed by atoms with van der Waals surface area (Å²) in [5, 5.41) is 9.57. The van der Waals surface area contributed by atoms with Crippen molar-refractivity contribution in [1.29, 1.82) is 0 Å². The molecular formula is C28H42N4O3. The monoisotopic (exact) mass is 482 g/mol. The molecule has 0 radical (unpaired) electrons.